The summed E-state index contributed by atoms with van der Waals surface area (Å²) in [7, 11) is 0. The third kappa shape index (κ3) is 4.43. The summed E-state index contributed by atoms with van der Waals surface area (Å²) >= 11 is 0. The molecule has 0 radical (unpaired) electrons. The molecule has 0 aliphatic carbocycles. The molecule has 4 rings (SSSR count). The third-order valence-corrected chi connectivity index (χ3v) is 5.16. The summed E-state index contributed by atoms with van der Waals surface area (Å²) in [6.45, 7) is 3.02. The van der Waals surface area contributed by atoms with E-state index in [2.05, 4.69) is 17.0 Å². The molecular formula is C24H23N3O3. The average molecular weight is 401 g/mol. The Bertz CT molecular complexity index is 1010. The fourth-order valence-electron chi connectivity index (χ4n) is 3.48. The predicted octanol–water partition coefficient (Wildman–Crippen LogP) is 3.54. The quantitative estimate of drug-likeness (QED) is 0.710. The van der Waals surface area contributed by atoms with Gasteiger partial charge < -0.3 is 20.3 Å². The van der Waals surface area contributed by atoms with Crippen LogP contribution in [0.3, 0.4) is 0 Å². The third-order valence-electron chi connectivity index (χ3n) is 5.16. The number of carbonyl (C=O) groups is 2. The maximum absolute atomic E-state index is 12.8. The predicted molar refractivity (Wildman–Crippen MR) is 116 cm³/mol. The monoisotopic (exact) mass is 401 g/mol. The van der Waals surface area contributed by atoms with E-state index in [1.165, 1.54) is 5.69 Å². The molecule has 0 spiro atoms. The van der Waals surface area contributed by atoms with E-state index in [1.54, 1.807) is 48.5 Å². The van der Waals surface area contributed by atoms with Crippen molar-refractivity contribution in [2.45, 2.75) is 0 Å². The number of anilines is 1. The van der Waals surface area contributed by atoms with Crippen LogP contribution in [-0.4, -0.2) is 42.9 Å². The highest BCUT2D eigenvalue weighted by atomic mass is 16.5. The standard InChI is InChI=1S/C24H23N3O3/c25-23(28)18-6-10-21(11-7-18)30-22-12-8-19(9-13-22)24(29)27-16-14-26(15-17-27)20-4-2-1-3-5-20/h1-13H,14-17H2,(H2,25,28). The number of carbonyl (C=O) groups excluding carboxylic acids is 2. The number of nitrogens with two attached hydrogens (primary N) is 1. The van der Waals surface area contributed by atoms with Gasteiger partial charge in [0.15, 0.2) is 0 Å². The van der Waals surface area contributed by atoms with Crippen molar-refractivity contribution in [1.82, 2.24) is 4.90 Å². The van der Waals surface area contributed by atoms with E-state index in [1.807, 2.05) is 23.1 Å². The molecule has 2 N–H and O–H groups in total. The number of hydrogen-bond donors (Lipinski definition) is 1. The Morgan fingerprint density at radius 3 is 1.77 bits per heavy atom. The zero-order chi connectivity index (χ0) is 20.9. The van der Waals surface area contributed by atoms with Gasteiger partial charge in [-0.2, -0.15) is 0 Å². The second-order valence-corrected chi connectivity index (χ2v) is 7.13. The van der Waals surface area contributed by atoms with Crippen molar-refractivity contribution < 1.29 is 14.3 Å². The van der Waals surface area contributed by atoms with Gasteiger partial charge in [0, 0.05) is 43.0 Å². The van der Waals surface area contributed by atoms with Crippen molar-refractivity contribution in [2.24, 2.45) is 5.73 Å². The minimum absolute atomic E-state index is 0.0278. The molecule has 1 fully saturated rings. The summed E-state index contributed by atoms with van der Waals surface area (Å²) in [6.07, 6.45) is 0. The molecule has 0 saturated carbocycles. The summed E-state index contributed by atoms with van der Waals surface area (Å²) in [6, 6.07) is 24.0. The molecule has 0 unspecified atom stereocenters. The number of rotatable bonds is 5. The van der Waals surface area contributed by atoms with Gasteiger partial charge >= 0.3 is 0 Å². The van der Waals surface area contributed by atoms with Crippen LogP contribution in [-0.2, 0) is 0 Å². The molecule has 2 amide bonds. The molecule has 1 heterocycles. The van der Waals surface area contributed by atoms with Crippen LogP contribution >= 0.6 is 0 Å². The molecule has 6 nitrogen and oxygen atoms in total. The summed E-state index contributed by atoms with van der Waals surface area (Å²) < 4.78 is 5.77. The number of hydrogen-bond acceptors (Lipinski definition) is 4. The molecule has 1 aliphatic rings. The Kier molecular flexibility index (Phi) is 5.66. The van der Waals surface area contributed by atoms with E-state index in [4.69, 9.17) is 10.5 Å². The van der Waals surface area contributed by atoms with Crippen molar-refractivity contribution in [2.75, 3.05) is 31.1 Å². The number of primary amides is 1. The number of nitrogens with zero attached hydrogens (tertiary/aromatic N) is 2. The number of piperazine rings is 1. The lowest BCUT2D eigenvalue weighted by Gasteiger charge is -2.36. The Balaban J connectivity index is 1.34. The molecule has 3 aromatic carbocycles. The van der Waals surface area contributed by atoms with Crippen molar-refractivity contribution in [3.8, 4) is 11.5 Å². The highest BCUT2D eigenvalue weighted by molar-refractivity contribution is 5.94. The number of ether oxygens (including phenoxy) is 1. The lowest BCUT2D eigenvalue weighted by molar-refractivity contribution is 0.0746. The molecular weight excluding hydrogens is 378 g/mol. The van der Waals surface area contributed by atoms with Crippen LogP contribution in [0.15, 0.2) is 78.9 Å². The average Bonchev–Trinajstić information content (AvgIpc) is 2.80. The first-order chi connectivity index (χ1) is 14.6. The molecule has 3 aromatic rings. The Morgan fingerprint density at radius 2 is 1.23 bits per heavy atom. The van der Waals surface area contributed by atoms with Gasteiger partial charge in [-0.25, -0.2) is 0 Å². The maximum Gasteiger partial charge on any atom is 0.253 e. The van der Waals surface area contributed by atoms with Crippen LogP contribution in [0.5, 0.6) is 11.5 Å². The highest BCUT2D eigenvalue weighted by Gasteiger charge is 2.22. The Morgan fingerprint density at radius 1 is 0.700 bits per heavy atom. The van der Waals surface area contributed by atoms with Gasteiger partial charge in [0.05, 0.1) is 0 Å². The highest BCUT2D eigenvalue weighted by Crippen LogP contribution is 2.23. The first-order valence-corrected chi connectivity index (χ1v) is 9.87. The first-order valence-electron chi connectivity index (χ1n) is 9.87. The summed E-state index contributed by atoms with van der Waals surface area (Å²) in [5.74, 6) is 0.762. The SMILES string of the molecule is NC(=O)c1ccc(Oc2ccc(C(=O)N3CCN(c4ccccc4)CC3)cc2)cc1. The number of amides is 2. The van der Waals surface area contributed by atoms with Crippen LogP contribution in [0.25, 0.3) is 0 Å². The second kappa shape index (κ2) is 8.69. The van der Waals surface area contributed by atoms with Gasteiger partial charge in [-0.05, 0) is 60.7 Å². The Hall–Kier alpha value is -3.80. The molecule has 1 saturated heterocycles. The fraction of sp³-hybridized carbons (Fsp3) is 0.167. The van der Waals surface area contributed by atoms with Crippen LogP contribution < -0.4 is 15.4 Å². The van der Waals surface area contributed by atoms with Gasteiger partial charge in [0.1, 0.15) is 11.5 Å². The van der Waals surface area contributed by atoms with Gasteiger partial charge in [0.2, 0.25) is 5.91 Å². The van der Waals surface area contributed by atoms with Crippen molar-refractivity contribution >= 4 is 17.5 Å². The minimum Gasteiger partial charge on any atom is -0.457 e. The van der Waals surface area contributed by atoms with E-state index in [-0.39, 0.29) is 5.91 Å². The van der Waals surface area contributed by atoms with Gasteiger partial charge in [-0.1, -0.05) is 18.2 Å². The second-order valence-electron chi connectivity index (χ2n) is 7.13. The van der Waals surface area contributed by atoms with Crippen LogP contribution in [0.1, 0.15) is 20.7 Å². The minimum atomic E-state index is -0.478. The number of para-hydroxylation sites is 1. The van der Waals surface area contributed by atoms with Gasteiger partial charge in [0.25, 0.3) is 5.91 Å². The lowest BCUT2D eigenvalue weighted by Crippen LogP contribution is -2.48. The Labute approximate surface area is 175 Å². The molecule has 152 valence electrons. The summed E-state index contributed by atoms with van der Waals surface area (Å²) in [4.78, 5) is 28.2. The normalized spacial score (nSPS) is 13.7. The first kappa shape index (κ1) is 19.5. The van der Waals surface area contributed by atoms with Crippen LogP contribution in [0.2, 0.25) is 0 Å². The van der Waals surface area contributed by atoms with E-state index >= 15 is 0 Å². The molecule has 0 bridgehead atoms. The van der Waals surface area contributed by atoms with Gasteiger partial charge in [-0.3, -0.25) is 9.59 Å². The maximum atomic E-state index is 12.8. The number of benzene rings is 3. The van der Waals surface area contributed by atoms with E-state index in [0.717, 1.165) is 13.1 Å². The molecule has 1 aliphatic heterocycles. The fourth-order valence-corrected chi connectivity index (χ4v) is 3.48. The van der Waals surface area contributed by atoms with E-state index in [9.17, 15) is 9.59 Å². The van der Waals surface area contributed by atoms with E-state index < -0.39 is 5.91 Å². The lowest BCUT2D eigenvalue weighted by atomic mass is 10.1. The summed E-state index contributed by atoms with van der Waals surface area (Å²) in [5.41, 5.74) is 7.50. The molecule has 0 atom stereocenters. The van der Waals surface area contributed by atoms with Crippen LogP contribution in [0.4, 0.5) is 5.69 Å². The van der Waals surface area contributed by atoms with Crippen molar-refractivity contribution in [3.05, 3.63) is 90.0 Å². The van der Waals surface area contributed by atoms with E-state index in [0.29, 0.717) is 35.7 Å². The van der Waals surface area contributed by atoms with Gasteiger partial charge in [-0.15, -0.1) is 0 Å². The topological polar surface area (TPSA) is 75.9 Å². The molecule has 30 heavy (non-hydrogen) atoms. The smallest absolute Gasteiger partial charge is 0.253 e. The molecule has 0 aromatic heterocycles. The van der Waals surface area contributed by atoms with Crippen molar-refractivity contribution in [3.63, 3.8) is 0 Å². The summed E-state index contributed by atoms with van der Waals surface area (Å²) in [5, 5.41) is 0. The zero-order valence-electron chi connectivity index (χ0n) is 16.5. The zero-order valence-corrected chi connectivity index (χ0v) is 16.5. The van der Waals surface area contributed by atoms with Crippen LogP contribution in [0, 0.1) is 0 Å². The van der Waals surface area contributed by atoms with Crippen molar-refractivity contribution in [1.29, 1.82) is 0 Å². The largest absolute Gasteiger partial charge is 0.457 e. The molecule has 6 heteroatoms.